The van der Waals surface area contributed by atoms with Crippen molar-refractivity contribution >= 4 is 11.8 Å². The third-order valence-corrected chi connectivity index (χ3v) is 6.71. The molecular formula is C23H34N4O3. The minimum absolute atomic E-state index is 0.0661. The maximum absolute atomic E-state index is 12.4. The van der Waals surface area contributed by atoms with Crippen molar-refractivity contribution in [3.8, 4) is 0 Å². The molecule has 7 nitrogen and oxygen atoms in total. The minimum Gasteiger partial charge on any atom is -0.365 e. The number of rotatable bonds is 7. The number of ether oxygens (including phenoxy) is 1. The second-order valence-corrected chi connectivity index (χ2v) is 9.26. The van der Waals surface area contributed by atoms with Crippen molar-refractivity contribution in [3.63, 3.8) is 0 Å². The Labute approximate surface area is 179 Å². The first-order valence-electron chi connectivity index (χ1n) is 11.3. The highest BCUT2D eigenvalue weighted by molar-refractivity contribution is 5.94. The summed E-state index contributed by atoms with van der Waals surface area (Å²) in [6.07, 6.45) is 6.57. The number of nitrogens with one attached hydrogen (secondary N) is 1. The fourth-order valence-corrected chi connectivity index (χ4v) is 4.39. The van der Waals surface area contributed by atoms with Crippen molar-refractivity contribution in [3.05, 3.63) is 29.1 Å². The molecule has 1 aromatic rings. The average Bonchev–Trinajstić information content (AvgIpc) is 3.56. The molecule has 3 heterocycles. The number of amides is 2. The van der Waals surface area contributed by atoms with E-state index >= 15 is 0 Å². The van der Waals surface area contributed by atoms with Crippen LogP contribution in [0.15, 0.2) is 12.3 Å². The second kappa shape index (κ2) is 9.43. The van der Waals surface area contributed by atoms with E-state index < -0.39 is 0 Å². The van der Waals surface area contributed by atoms with E-state index in [1.807, 2.05) is 24.8 Å². The molecule has 1 atom stereocenters. The molecule has 3 fully saturated rings. The normalized spacial score (nSPS) is 23.6. The first-order chi connectivity index (χ1) is 14.5. The van der Waals surface area contributed by atoms with Gasteiger partial charge in [-0.2, -0.15) is 0 Å². The quantitative estimate of drug-likeness (QED) is 0.736. The van der Waals surface area contributed by atoms with Crippen LogP contribution in [0.1, 0.15) is 47.3 Å². The number of hydrogen-bond donors (Lipinski definition) is 1. The summed E-state index contributed by atoms with van der Waals surface area (Å²) >= 11 is 0. The molecule has 1 aromatic heterocycles. The van der Waals surface area contributed by atoms with Crippen LogP contribution in [0, 0.1) is 25.7 Å². The van der Waals surface area contributed by atoms with Gasteiger partial charge in [-0.25, -0.2) is 0 Å². The molecule has 1 saturated carbocycles. The molecular weight excluding hydrogens is 380 g/mol. The summed E-state index contributed by atoms with van der Waals surface area (Å²) in [5.41, 5.74) is 2.48. The largest absolute Gasteiger partial charge is 0.365 e. The molecule has 2 amide bonds. The number of piperidine rings is 1. The minimum atomic E-state index is -0.166. The topological polar surface area (TPSA) is 74.8 Å². The van der Waals surface area contributed by atoms with Crippen LogP contribution >= 0.6 is 0 Å². The zero-order valence-electron chi connectivity index (χ0n) is 18.2. The molecule has 3 aliphatic rings. The van der Waals surface area contributed by atoms with Crippen LogP contribution in [0.25, 0.3) is 0 Å². The van der Waals surface area contributed by atoms with Crippen molar-refractivity contribution in [1.29, 1.82) is 0 Å². The fraction of sp³-hybridized carbons (Fsp3) is 0.696. The van der Waals surface area contributed by atoms with Gasteiger partial charge in [0.1, 0.15) is 6.61 Å². The number of aryl methyl sites for hydroxylation is 2. The van der Waals surface area contributed by atoms with Crippen molar-refractivity contribution in [2.45, 2.75) is 45.6 Å². The van der Waals surface area contributed by atoms with E-state index in [1.165, 1.54) is 32.2 Å². The number of nitrogens with zero attached hydrogens (tertiary/aromatic N) is 3. The first kappa shape index (κ1) is 21.2. The Kier molecular flexibility index (Phi) is 6.68. The highest BCUT2D eigenvalue weighted by atomic mass is 16.5. The van der Waals surface area contributed by atoms with Crippen LogP contribution in [0.5, 0.6) is 0 Å². The fourth-order valence-electron chi connectivity index (χ4n) is 4.39. The number of likely N-dealkylation sites (tertiary alicyclic amines) is 1. The van der Waals surface area contributed by atoms with Crippen molar-refractivity contribution in [2.24, 2.45) is 11.8 Å². The summed E-state index contributed by atoms with van der Waals surface area (Å²) in [5.74, 6) is 1.43. The Morgan fingerprint density at radius 1 is 1.17 bits per heavy atom. The summed E-state index contributed by atoms with van der Waals surface area (Å²) < 4.78 is 5.68. The third-order valence-electron chi connectivity index (χ3n) is 6.71. The second-order valence-electron chi connectivity index (χ2n) is 9.26. The van der Waals surface area contributed by atoms with Gasteiger partial charge >= 0.3 is 0 Å². The van der Waals surface area contributed by atoms with Gasteiger partial charge in [-0.15, -0.1) is 0 Å². The number of aromatic nitrogens is 1. The summed E-state index contributed by atoms with van der Waals surface area (Å²) in [5, 5.41) is 2.94. The lowest BCUT2D eigenvalue weighted by Crippen LogP contribution is -2.52. The molecule has 164 valence electrons. The van der Waals surface area contributed by atoms with E-state index in [0.717, 1.165) is 36.8 Å². The molecule has 30 heavy (non-hydrogen) atoms. The van der Waals surface area contributed by atoms with Crippen LogP contribution < -0.4 is 5.32 Å². The van der Waals surface area contributed by atoms with Gasteiger partial charge < -0.3 is 19.9 Å². The van der Waals surface area contributed by atoms with Gasteiger partial charge in [0, 0.05) is 38.1 Å². The van der Waals surface area contributed by atoms with E-state index in [2.05, 4.69) is 15.2 Å². The van der Waals surface area contributed by atoms with E-state index in [9.17, 15) is 9.59 Å². The lowest BCUT2D eigenvalue weighted by molar-refractivity contribution is -0.149. The number of pyridine rings is 1. The Hall–Kier alpha value is -1.99. The van der Waals surface area contributed by atoms with Crippen molar-refractivity contribution in [1.82, 2.24) is 20.1 Å². The van der Waals surface area contributed by atoms with Gasteiger partial charge in [-0.1, -0.05) is 0 Å². The number of carbonyl (C=O) groups excluding carboxylic acids is 2. The zero-order chi connectivity index (χ0) is 21.1. The standard InChI is InChI=1S/C23H34N4O3/c1-16-9-20(10-24-17(16)2)23(29)25-11-21-14-27(22(28)15-30-21)13-19-5-7-26(8-6-19)12-18-3-4-18/h9-10,18-19,21H,3-8,11-15H2,1-2H3,(H,25,29)/t21-/m1/s1. The lowest BCUT2D eigenvalue weighted by atomic mass is 9.95. The molecule has 2 aliphatic heterocycles. The lowest BCUT2D eigenvalue weighted by Gasteiger charge is -2.38. The molecule has 2 saturated heterocycles. The highest BCUT2D eigenvalue weighted by Crippen LogP contribution is 2.31. The van der Waals surface area contributed by atoms with Crippen LogP contribution in [0.3, 0.4) is 0 Å². The predicted octanol–water partition coefficient (Wildman–Crippen LogP) is 1.78. The average molecular weight is 415 g/mol. The van der Waals surface area contributed by atoms with Crippen LogP contribution in [0.4, 0.5) is 0 Å². The van der Waals surface area contributed by atoms with Gasteiger partial charge in [-0.3, -0.25) is 14.6 Å². The summed E-state index contributed by atoms with van der Waals surface area (Å²) in [6.45, 7) is 9.31. The molecule has 0 unspecified atom stereocenters. The molecule has 4 rings (SSSR count). The summed E-state index contributed by atoms with van der Waals surface area (Å²) in [6, 6.07) is 1.85. The molecule has 1 N–H and O–H groups in total. The Bertz CT molecular complexity index is 772. The highest BCUT2D eigenvalue weighted by Gasteiger charge is 2.31. The third kappa shape index (κ3) is 5.58. The number of morpholine rings is 1. The Balaban J connectivity index is 1.22. The van der Waals surface area contributed by atoms with Crippen LogP contribution in [-0.4, -0.2) is 78.6 Å². The maximum atomic E-state index is 12.4. The van der Waals surface area contributed by atoms with Gasteiger partial charge in [0.15, 0.2) is 0 Å². The van der Waals surface area contributed by atoms with Gasteiger partial charge in [0.25, 0.3) is 5.91 Å². The monoisotopic (exact) mass is 414 g/mol. The van der Waals surface area contributed by atoms with Gasteiger partial charge in [0.05, 0.1) is 11.7 Å². The van der Waals surface area contributed by atoms with Crippen LogP contribution in [-0.2, 0) is 9.53 Å². The van der Waals surface area contributed by atoms with E-state index in [-0.39, 0.29) is 24.5 Å². The SMILES string of the molecule is Cc1cc(C(=O)NC[C@@H]2CN(CC3CCN(CC4CC4)CC3)C(=O)CO2)cnc1C. The van der Waals surface area contributed by atoms with Gasteiger partial charge in [-0.05, 0) is 76.1 Å². The number of carbonyl (C=O) groups is 2. The molecule has 0 spiro atoms. The predicted molar refractivity (Wildman–Crippen MR) is 114 cm³/mol. The molecule has 7 heteroatoms. The van der Waals surface area contributed by atoms with E-state index in [4.69, 9.17) is 4.74 Å². The Morgan fingerprint density at radius 2 is 1.90 bits per heavy atom. The molecule has 1 aliphatic carbocycles. The first-order valence-corrected chi connectivity index (χ1v) is 11.3. The van der Waals surface area contributed by atoms with Gasteiger partial charge in [0.2, 0.25) is 5.91 Å². The van der Waals surface area contributed by atoms with Crippen LogP contribution in [0.2, 0.25) is 0 Å². The Morgan fingerprint density at radius 3 is 2.60 bits per heavy atom. The van der Waals surface area contributed by atoms with Crippen molar-refractivity contribution < 1.29 is 14.3 Å². The zero-order valence-corrected chi connectivity index (χ0v) is 18.2. The summed E-state index contributed by atoms with van der Waals surface area (Å²) in [4.78, 5) is 33.6. The number of hydrogen-bond acceptors (Lipinski definition) is 5. The van der Waals surface area contributed by atoms with Crippen molar-refractivity contribution in [2.75, 3.05) is 45.9 Å². The van der Waals surface area contributed by atoms with E-state index in [1.54, 1.807) is 6.20 Å². The van der Waals surface area contributed by atoms with E-state index in [0.29, 0.717) is 24.6 Å². The molecule has 0 radical (unpaired) electrons. The maximum Gasteiger partial charge on any atom is 0.252 e. The molecule has 0 aromatic carbocycles. The smallest absolute Gasteiger partial charge is 0.252 e. The molecule has 0 bridgehead atoms. The summed E-state index contributed by atoms with van der Waals surface area (Å²) in [7, 11) is 0.